The van der Waals surface area contributed by atoms with E-state index >= 15 is 0 Å². The summed E-state index contributed by atoms with van der Waals surface area (Å²) in [5.74, 6) is 0. The molecular formula is C19H16ClN. The summed E-state index contributed by atoms with van der Waals surface area (Å²) in [5, 5.41) is 0.806. The second-order valence-corrected chi connectivity index (χ2v) is 5.92. The number of fused-ring (bicyclic) bond motifs is 1. The zero-order chi connectivity index (χ0) is 14.2. The molecule has 0 saturated carbocycles. The maximum atomic E-state index is 6.46. The molecular weight excluding hydrogens is 278 g/mol. The van der Waals surface area contributed by atoms with Crippen LogP contribution in [0.25, 0.3) is 16.9 Å². The predicted molar refractivity (Wildman–Crippen MR) is 88.2 cm³/mol. The number of rotatable bonds is 2. The van der Waals surface area contributed by atoms with Crippen LogP contribution < -0.4 is 0 Å². The smallest absolute Gasteiger partial charge is 0.0646 e. The molecule has 0 radical (unpaired) electrons. The molecule has 104 valence electrons. The summed E-state index contributed by atoms with van der Waals surface area (Å²) in [6.07, 6.45) is 3.55. The van der Waals surface area contributed by atoms with Gasteiger partial charge in [-0.1, -0.05) is 54.1 Å². The van der Waals surface area contributed by atoms with Crippen LogP contribution in [0.2, 0.25) is 5.02 Å². The Morgan fingerprint density at radius 3 is 2.43 bits per heavy atom. The van der Waals surface area contributed by atoms with Crippen molar-refractivity contribution >= 4 is 11.6 Å². The highest BCUT2D eigenvalue weighted by molar-refractivity contribution is 6.32. The standard InChI is InChI=1S/C19H16ClN/c20-16-10-4-5-11-18(16)21-17-12-6-9-15(17)13-19(21)14-7-2-1-3-8-14/h1-5,7-8,10-11,13H,6,9,12H2. The van der Waals surface area contributed by atoms with Gasteiger partial charge in [-0.2, -0.15) is 0 Å². The first kappa shape index (κ1) is 12.7. The molecule has 0 fully saturated rings. The van der Waals surface area contributed by atoms with Crippen molar-refractivity contribution in [1.29, 1.82) is 0 Å². The summed E-state index contributed by atoms with van der Waals surface area (Å²) in [5.41, 5.74) is 6.46. The van der Waals surface area contributed by atoms with Crippen LogP contribution in [0, 0.1) is 0 Å². The van der Waals surface area contributed by atoms with Gasteiger partial charge in [0, 0.05) is 5.69 Å². The molecule has 21 heavy (non-hydrogen) atoms. The van der Waals surface area contributed by atoms with Crippen LogP contribution >= 0.6 is 11.6 Å². The van der Waals surface area contributed by atoms with Gasteiger partial charge in [0.2, 0.25) is 0 Å². The second-order valence-electron chi connectivity index (χ2n) is 5.51. The van der Waals surface area contributed by atoms with E-state index < -0.39 is 0 Å². The molecule has 1 heterocycles. The van der Waals surface area contributed by atoms with E-state index in [4.69, 9.17) is 11.6 Å². The fourth-order valence-corrected chi connectivity index (χ4v) is 3.49. The molecule has 1 aromatic heterocycles. The van der Waals surface area contributed by atoms with E-state index in [-0.39, 0.29) is 0 Å². The zero-order valence-electron chi connectivity index (χ0n) is 11.7. The van der Waals surface area contributed by atoms with Crippen molar-refractivity contribution in [3.63, 3.8) is 0 Å². The lowest BCUT2D eigenvalue weighted by Crippen LogP contribution is -2.01. The Kier molecular flexibility index (Phi) is 3.08. The Hall–Kier alpha value is -1.99. The highest BCUT2D eigenvalue weighted by Crippen LogP contribution is 2.36. The van der Waals surface area contributed by atoms with E-state index in [2.05, 4.69) is 53.1 Å². The van der Waals surface area contributed by atoms with Crippen molar-refractivity contribution in [1.82, 2.24) is 4.57 Å². The lowest BCUT2D eigenvalue weighted by Gasteiger charge is -2.14. The molecule has 0 atom stereocenters. The molecule has 0 spiro atoms. The van der Waals surface area contributed by atoms with E-state index in [1.807, 2.05) is 12.1 Å². The molecule has 0 saturated heterocycles. The van der Waals surface area contributed by atoms with Gasteiger partial charge >= 0.3 is 0 Å². The summed E-state index contributed by atoms with van der Waals surface area (Å²) >= 11 is 6.46. The van der Waals surface area contributed by atoms with Gasteiger partial charge in [0.1, 0.15) is 0 Å². The Morgan fingerprint density at radius 2 is 1.62 bits per heavy atom. The van der Waals surface area contributed by atoms with E-state index in [0.717, 1.165) is 17.1 Å². The maximum Gasteiger partial charge on any atom is 0.0646 e. The number of hydrogen-bond donors (Lipinski definition) is 0. The Bertz CT molecular complexity index is 787. The molecule has 0 aliphatic heterocycles. The Balaban J connectivity index is 1.99. The normalized spacial score (nSPS) is 13.4. The van der Waals surface area contributed by atoms with Gasteiger partial charge in [-0.25, -0.2) is 0 Å². The van der Waals surface area contributed by atoms with Crippen molar-refractivity contribution in [2.24, 2.45) is 0 Å². The third-order valence-corrected chi connectivity index (χ3v) is 4.53. The van der Waals surface area contributed by atoms with Gasteiger partial charge in [-0.3, -0.25) is 0 Å². The van der Waals surface area contributed by atoms with Crippen LogP contribution in [0.3, 0.4) is 0 Å². The largest absolute Gasteiger partial charge is 0.312 e. The second kappa shape index (κ2) is 5.09. The molecule has 1 nitrogen and oxygen atoms in total. The number of benzene rings is 2. The molecule has 0 N–H and O–H groups in total. The highest BCUT2D eigenvalue weighted by atomic mass is 35.5. The van der Waals surface area contributed by atoms with Crippen LogP contribution in [0.5, 0.6) is 0 Å². The summed E-state index contributed by atoms with van der Waals surface area (Å²) in [7, 11) is 0. The number of hydrogen-bond acceptors (Lipinski definition) is 0. The van der Waals surface area contributed by atoms with E-state index in [1.54, 1.807) is 0 Å². The van der Waals surface area contributed by atoms with Crippen LogP contribution in [0.15, 0.2) is 60.7 Å². The van der Waals surface area contributed by atoms with Crippen molar-refractivity contribution in [2.75, 3.05) is 0 Å². The van der Waals surface area contributed by atoms with Crippen LogP contribution in [0.4, 0.5) is 0 Å². The Labute approximate surface area is 129 Å². The number of aryl methyl sites for hydroxylation is 1. The molecule has 4 rings (SSSR count). The fourth-order valence-electron chi connectivity index (χ4n) is 3.27. The van der Waals surface area contributed by atoms with Crippen LogP contribution in [0.1, 0.15) is 17.7 Å². The van der Waals surface area contributed by atoms with E-state index in [9.17, 15) is 0 Å². The summed E-state index contributed by atoms with van der Waals surface area (Å²) < 4.78 is 2.35. The summed E-state index contributed by atoms with van der Waals surface area (Å²) in [6.45, 7) is 0. The minimum absolute atomic E-state index is 0.806. The van der Waals surface area contributed by atoms with Crippen LogP contribution in [-0.4, -0.2) is 4.57 Å². The lowest BCUT2D eigenvalue weighted by atomic mass is 10.1. The summed E-state index contributed by atoms with van der Waals surface area (Å²) in [4.78, 5) is 0. The van der Waals surface area contributed by atoms with Gasteiger partial charge in [-0.15, -0.1) is 0 Å². The fraction of sp³-hybridized carbons (Fsp3) is 0.158. The van der Waals surface area contributed by atoms with Crippen molar-refractivity contribution in [2.45, 2.75) is 19.3 Å². The molecule has 0 unspecified atom stereocenters. The summed E-state index contributed by atoms with van der Waals surface area (Å²) in [6, 6.07) is 21.0. The number of aromatic nitrogens is 1. The SMILES string of the molecule is Clc1ccccc1-n1c(-c2ccccc2)cc2c1CCC2. The Morgan fingerprint density at radius 1 is 0.857 bits per heavy atom. The number of para-hydroxylation sites is 1. The first-order chi connectivity index (χ1) is 10.3. The molecule has 1 aliphatic rings. The quantitative estimate of drug-likeness (QED) is 0.605. The first-order valence-corrected chi connectivity index (χ1v) is 7.76. The average Bonchev–Trinajstić information content (AvgIpc) is 3.10. The number of nitrogens with zero attached hydrogens (tertiary/aromatic N) is 1. The van der Waals surface area contributed by atoms with Crippen molar-refractivity contribution in [3.05, 3.63) is 76.9 Å². The minimum Gasteiger partial charge on any atom is -0.312 e. The molecule has 2 heteroatoms. The van der Waals surface area contributed by atoms with Gasteiger partial charge in [0.15, 0.2) is 0 Å². The zero-order valence-corrected chi connectivity index (χ0v) is 12.5. The van der Waals surface area contributed by atoms with Crippen molar-refractivity contribution in [3.8, 4) is 16.9 Å². The molecule has 1 aliphatic carbocycles. The first-order valence-electron chi connectivity index (χ1n) is 7.38. The lowest BCUT2D eigenvalue weighted by molar-refractivity contribution is 0.864. The average molecular weight is 294 g/mol. The number of halogens is 1. The molecule has 0 amide bonds. The van der Waals surface area contributed by atoms with Gasteiger partial charge in [0.25, 0.3) is 0 Å². The van der Waals surface area contributed by atoms with Crippen molar-refractivity contribution < 1.29 is 0 Å². The third-order valence-electron chi connectivity index (χ3n) is 4.22. The molecule has 2 aromatic carbocycles. The third kappa shape index (κ3) is 2.09. The maximum absolute atomic E-state index is 6.46. The van der Waals surface area contributed by atoms with Gasteiger partial charge < -0.3 is 4.57 Å². The van der Waals surface area contributed by atoms with E-state index in [0.29, 0.717) is 0 Å². The molecule has 0 bridgehead atoms. The minimum atomic E-state index is 0.806. The van der Waals surface area contributed by atoms with Gasteiger partial charge in [-0.05, 0) is 48.6 Å². The predicted octanol–water partition coefficient (Wildman–Crippen LogP) is 5.29. The monoisotopic (exact) mass is 293 g/mol. The van der Waals surface area contributed by atoms with E-state index in [1.165, 1.54) is 35.4 Å². The van der Waals surface area contributed by atoms with Crippen LogP contribution in [-0.2, 0) is 12.8 Å². The van der Waals surface area contributed by atoms with Gasteiger partial charge in [0.05, 0.1) is 16.4 Å². The topological polar surface area (TPSA) is 4.93 Å². The highest BCUT2D eigenvalue weighted by Gasteiger charge is 2.22. The molecule has 3 aromatic rings.